The Labute approximate surface area is 130 Å². The van der Waals surface area contributed by atoms with E-state index in [1.54, 1.807) is 7.11 Å². The Morgan fingerprint density at radius 2 is 2.10 bits per heavy atom. The molecule has 0 saturated heterocycles. The minimum Gasteiger partial charge on any atom is -0.490 e. The van der Waals surface area contributed by atoms with Crippen LogP contribution >= 0.6 is 15.9 Å². The molecule has 20 heavy (non-hydrogen) atoms. The summed E-state index contributed by atoms with van der Waals surface area (Å²) in [6, 6.07) is 6.23. The molecule has 1 saturated carbocycles. The third kappa shape index (κ3) is 4.47. The zero-order chi connectivity index (χ0) is 14.4. The summed E-state index contributed by atoms with van der Waals surface area (Å²) in [5.74, 6) is 0.961. The molecule has 0 aromatic heterocycles. The van der Waals surface area contributed by atoms with E-state index in [0.717, 1.165) is 42.6 Å². The summed E-state index contributed by atoms with van der Waals surface area (Å²) in [6.07, 6.45) is 5.09. The Bertz CT molecular complexity index is 425. The van der Waals surface area contributed by atoms with Gasteiger partial charge in [-0.05, 0) is 49.6 Å². The van der Waals surface area contributed by atoms with E-state index in [9.17, 15) is 0 Å². The van der Waals surface area contributed by atoms with Gasteiger partial charge in [-0.15, -0.1) is 0 Å². The van der Waals surface area contributed by atoms with Crippen LogP contribution in [0, 0.1) is 0 Å². The highest BCUT2D eigenvalue weighted by molar-refractivity contribution is 9.10. The topological polar surface area (TPSA) is 30.5 Å². The van der Waals surface area contributed by atoms with Crippen LogP contribution in [0.5, 0.6) is 5.75 Å². The maximum absolute atomic E-state index is 6.13. The number of rotatable bonds is 6. The van der Waals surface area contributed by atoms with Crippen LogP contribution in [-0.2, 0) is 11.3 Å². The van der Waals surface area contributed by atoms with Gasteiger partial charge in [0.1, 0.15) is 11.9 Å². The molecule has 1 aromatic rings. The first-order valence-corrected chi connectivity index (χ1v) is 8.20. The van der Waals surface area contributed by atoms with E-state index in [2.05, 4.69) is 40.3 Å². The fraction of sp³-hybridized carbons (Fsp3) is 0.625. The van der Waals surface area contributed by atoms with E-state index in [0.29, 0.717) is 6.10 Å². The maximum atomic E-state index is 6.13. The number of hydrogen-bond acceptors (Lipinski definition) is 3. The quantitative estimate of drug-likeness (QED) is 0.851. The standard InChI is InChI=1S/C16H24BrNO2/c1-3-18-11-12-9-15(7-8-16(12)17)20-14-6-4-5-13(10-14)19-2/h7-9,13-14,18H,3-6,10-11H2,1-2H3. The molecule has 2 unspecified atom stereocenters. The largest absolute Gasteiger partial charge is 0.490 e. The average molecular weight is 342 g/mol. The molecule has 2 atom stereocenters. The Hall–Kier alpha value is -0.580. The van der Waals surface area contributed by atoms with Gasteiger partial charge in [-0.3, -0.25) is 0 Å². The number of benzene rings is 1. The van der Waals surface area contributed by atoms with Crippen LogP contribution in [0.2, 0.25) is 0 Å². The molecule has 0 amide bonds. The normalized spacial score (nSPS) is 22.8. The molecule has 112 valence electrons. The van der Waals surface area contributed by atoms with E-state index < -0.39 is 0 Å². The van der Waals surface area contributed by atoms with Gasteiger partial charge in [0.2, 0.25) is 0 Å². The lowest BCUT2D eigenvalue weighted by Crippen LogP contribution is -2.29. The molecule has 1 fully saturated rings. The lowest BCUT2D eigenvalue weighted by molar-refractivity contribution is 0.0209. The van der Waals surface area contributed by atoms with Crippen LogP contribution in [-0.4, -0.2) is 25.9 Å². The van der Waals surface area contributed by atoms with Gasteiger partial charge in [-0.2, -0.15) is 0 Å². The van der Waals surface area contributed by atoms with Crippen molar-refractivity contribution in [3.8, 4) is 5.75 Å². The number of ether oxygens (including phenoxy) is 2. The number of methoxy groups -OCH3 is 1. The number of nitrogens with one attached hydrogen (secondary N) is 1. The Balaban J connectivity index is 1.98. The van der Waals surface area contributed by atoms with Crippen molar-refractivity contribution in [3.05, 3.63) is 28.2 Å². The van der Waals surface area contributed by atoms with Crippen molar-refractivity contribution < 1.29 is 9.47 Å². The molecule has 1 aliphatic carbocycles. The highest BCUT2D eigenvalue weighted by Crippen LogP contribution is 2.28. The van der Waals surface area contributed by atoms with Crippen LogP contribution in [0.15, 0.2) is 22.7 Å². The first-order valence-electron chi connectivity index (χ1n) is 7.41. The van der Waals surface area contributed by atoms with Gasteiger partial charge in [-0.25, -0.2) is 0 Å². The fourth-order valence-corrected chi connectivity index (χ4v) is 3.02. The third-order valence-electron chi connectivity index (χ3n) is 3.80. The Morgan fingerprint density at radius 3 is 2.85 bits per heavy atom. The van der Waals surface area contributed by atoms with Crippen LogP contribution in [0.1, 0.15) is 38.2 Å². The molecule has 2 rings (SSSR count). The van der Waals surface area contributed by atoms with Crippen molar-refractivity contribution in [3.63, 3.8) is 0 Å². The van der Waals surface area contributed by atoms with Gasteiger partial charge in [0, 0.05) is 24.5 Å². The van der Waals surface area contributed by atoms with Gasteiger partial charge in [0.05, 0.1) is 6.10 Å². The van der Waals surface area contributed by atoms with Crippen LogP contribution in [0.4, 0.5) is 0 Å². The van der Waals surface area contributed by atoms with Crippen molar-refractivity contribution >= 4 is 15.9 Å². The fourth-order valence-electron chi connectivity index (χ4n) is 2.64. The summed E-state index contributed by atoms with van der Waals surface area (Å²) in [4.78, 5) is 0. The number of hydrogen-bond donors (Lipinski definition) is 1. The SMILES string of the molecule is CCNCc1cc(OC2CCCC(OC)C2)ccc1Br. The van der Waals surface area contributed by atoms with Crippen molar-refractivity contribution in [2.45, 2.75) is 51.4 Å². The van der Waals surface area contributed by atoms with Crippen LogP contribution in [0.3, 0.4) is 0 Å². The molecule has 0 radical (unpaired) electrons. The summed E-state index contributed by atoms with van der Waals surface area (Å²) in [5, 5.41) is 3.35. The summed E-state index contributed by atoms with van der Waals surface area (Å²) >= 11 is 3.59. The van der Waals surface area contributed by atoms with Gasteiger partial charge < -0.3 is 14.8 Å². The zero-order valence-corrected chi connectivity index (χ0v) is 13.9. The molecule has 4 heteroatoms. The third-order valence-corrected chi connectivity index (χ3v) is 4.57. The van der Waals surface area contributed by atoms with E-state index in [4.69, 9.17) is 9.47 Å². The van der Waals surface area contributed by atoms with Gasteiger partial charge in [-0.1, -0.05) is 22.9 Å². The van der Waals surface area contributed by atoms with Crippen molar-refractivity contribution in [1.29, 1.82) is 0 Å². The molecule has 1 aliphatic rings. The van der Waals surface area contributed by atoms with Gasteiger partial charge in [0.25, 0.3) is 0 Å². The molecule has 0 spiro atoms. The average Bonchev–Trinajstić information content (AvgIpc) is 2.48. The van der Waals surface area contributed by atoms with Crippen molar-refractivity contribution in [1.82, 2.24) is 5.32 Å². The predicted molar refractivity (Wildman–Crippen MR) is 85.2 cm³/mol. The summed E-state index contributed by atoms with van der Waals surface area (Å²) < 4.78 is 12.7. The maximum Gasteiger partial charge on any atom is 0.120 e. The van der Waals surface area contributed by atoms with E-state index in [-0.39, 0.29) is 6.10 Å². The lowest BCUT2D eigenvalue weighted by Gasteiger charge is -2.28. The Morgan fingerprint density at radius 1 is 1.30 bits per heavy atom. The number of halogens is 1. The second-order valence-corrected chi connectivity index (χ2v) is 6.15. The monoisotopic (exact) mass is 341 g/mol. The van der Waals surface area contributed by atoms with Gasteiger partial charge in [0.15, 0.2) is 0 Å². The minimum atomic E-state index is 0.279. The highest BCUT2D eigenvalue weighted by atomic mass is 79.9. The first-order chi connectivity index (χ1) is 9.72. The van der Waals surface area contributed by atoms with E-state index >= 15 is 0 Å². The second kappa shape index (κ2) is 8.01. The predicted octanol–water partition coefficient (Wildman–Crippen LogP) is 3.90. The smallest absolute Gasteiger partial charge is 0.120 e. The van der Waals surface area contributed by atoms with E-state index in [1.165, 1.54) is 12.0 Å². The minimum absolute atomic E-state index is 0.279. The second-order valence-electron chi connectivity index (χ2n) is 5.30. The highest BCUT2D eigenvalue weighted by Gasteiger charge is 2.23. The van der Waals surface area contributed by atoms with Crippen molar-refractivity contribution in [2.24, 2.45) is 0 Å². The van der Waals surface area contributed by atoms with Crippen molar-refractivity contribution in [2.75, 3.05) is 13.7 Å². The lowest BCUT2D eigenvalue weighted by atomic mass is 9.95. The molecule has 1 aromatic carbocycles. The summed E-state index contributed by atoms with van der Waals surface area (Å²) in [6.45, 7) is 3.94. The Kier molecular flexibility index (Phi) is 6.33. The molecule has 0 heterocycles. The summed E-state index contributed by atoms with van der Waals surface area (Å²) in [7, 11) is 1.79. The zero-order valence-electron chi connectivity index (χ0n) is 12.3. The molecular formula is C16H24BrNO2. The molecular weight excluding hydrogens is 318 g/mol. The van der Waals surface area contributed by atoms with Crippen LogP contribution in [0.25, 0.3) is 0 Å². The first kappa shape index (κ1) is 15.8. The molecule has 3 nitrogen and oxygen atoms in total. The molecule has 0 aliphatic heterocycles. The van der Waals surface area contributed by atoms with Gasteiger partial charge >= 0.3 is 0 Å². The van der Waals surface area contributed by atoms with Crippen LogP contribution < -0.4 is 10.1 Å². The molecule has 1 N–H and O–H groups in total. The summed E-state index contributed by atoms with van der Waals surface area (Å²) in [5.41, 5.74) is 1.24. The van der Waals surface area contributed by atoms with E-state index in [1.807, 2.05) is 6.07 Å². The molecule has 0 bridgehead atoms.